The topological polar surface area (TPSA) is 69.3 Å². The number of aryl methyl sites for hydroxylation is 1. The Labute approximate surface area is 223 Å². The summed E-state index contributed by atoms with van der Waals surface area (Å²) in [5.41, 5.74) is 3.44. The van der Waals surface area contributed by atoms with Crippen LogP contribution in [0.2, 0.25) is 0 Å². The van der Waals surface area contributed by atoms with Crippen molar-refractivity contribution in [3.05, 3.63) is 82.1 Å². The molecule has 1 aliphatic rings. The van der Waals surface area contributed by atoms with Crippen molar-refractivity contribution in [1.82, 2.24) is 29.5 Å². The number of ether oxygens (including phenoxy) is 1. The molecule has 0 spiro atoms. The van der Waals surface area contributed by atoms with Gasteiger partial charge in [-0.05, 0) is 48.7 Å². The Hall–Kier alpha value is -3.10. The molecular formula is C29H36N6OS. The highest BCUT2D eigenvalue weighted by atomic mass is 32.1. The first kappa shape index (κ1) is 25.5. The summed E-state index contributed by atoms with van der Waals surface area (Å²) < 4.78 is 10.2. The Balaban J connectivity index is 1.19. The molecule has 1 N–H and O–H groups in total. The molecule has 4 aromatic rings. The van der Waals surface area contributed by atoms with Gasteiger partial charge in [0.1, 0.15) is 18.7 Å². The number of aromatic nitrogens is 5. The van der Waals surface area contributed by atoms with Crippen molar-refractivity contribution in [2.45, 2.75) is 71.1 Å². The Morgan fingerprint density at radius 1 is 1.08 bits per heavy atom. The quantitative estimate of drug-likeness (QED) is 0.268. The number of hydrogen-bond acceptors (Lipinski definition) is 6. The van der Waals surface area contributed by atoms with Crippen LogP contribution in [0.3, 0.4) is 0 Å². The Morgan fingerprint density at radius 3 is 2.76 bits per heavy atom. The third kappa shape index (κ3) is 6.62. The highest BCUT2D eigenvalue weighted by molar-refractivity contribution is 7.71. The van der Waals surface area contributed by atoms with Crippen molar-refractivity contribution in [3.8, 4) is 5.75 Å². The van der Waals surface area contributed by atoms with E-state index in [0.29, 0.717) is 35.4 Å². The van der Waals surface area contributed by atoms with Gasteiger partial charge in [0.2, 0.25) is 4.77 Å². The lowest BCUT2D eigenvalue weighted by molar-refractivity contribution is 0.294. The van der Waals surface area contributed by atoms with Crippen LogP contribution in [0.1, 0.15) is 68.0 Å². The molecule has 37 heavy (non-hydrogen) atoms. The van der Waals surface area contributed by atoms with E-state index in [9.17, 15) is 0 Å². The molecule has 0 saturated heterocycles. The van der Waals surface area contributed by atoms with Crippen LogP contribution >= 0.6 is 12.2 Å². The van der Waals surface area contributed by atoms with Gasteiger partial charge >= 0.3 is 0 Å². The van der Waals surface area contributed by atoms with Crippen LogP contribution < -0.4 is 10.1 Å². The average molecular weight is 517 g/mol. The number of fused-ring (bicyclic) bond motifs is 1. The molecule has 2 aromatic carbocycles. The Bertz CT molecular complexity index is 1390. The van der Waals surface area contributed by atoms with Gasteiger partial charge in [-0.3, -0.25) is 0 Å². The lowest BCUT2D eigenvalue weighted by atomic mass is 9.85. The fourth-order valence-corrected chi connectivity index (χ4v) is 5.39. The maximum absolute atomic E-state index is 6.29. The highest BCUT2D eigenvalue weighted by Crippen LogP contribution is 2.27. The zero-order chi connectivity index (χ0) is 25.6. The number of nitrogens with zero attached hydrogens (tertiary/aromatic N) is 5. The van der Waals surface area contributed by atoms with Crippen molar-refractivity contribution in [1.29, 1.82) is 0 Å². The number of nitrogens with one attached hydrogen (secondary N) is 1. The summed E-state index contributed by atoms with van der Waals surface area (Å²) >= 11 is 5.42. The molecule has 1 aliphatic carbocycles. The van der Waals surface area contributed by atoms with Crippen molar-refractivity contribution in [3.63, 3.8) is 0 Å². The molecule has 0 aliphatic heterocycles. The predicted octanol–water partition coefficient (Wildman–Crippen LogP) is 5.81. The molecule has 1 atom stereocenters. The van der Waals surface area contributed by atoms with Crippen molar-refractivity contribution >= 4 is 18.0 Å². The molecule has 1 saturated carbocycles. The third-order valence-corrected chi connectivity index (χ3v) is 7.70. The molecule has 5 rings (SSSR count). The van der Waals surface area contributed by atoms with E-state index in [1.54, 1.807) is 15.4 Å². The normalized spacial score (nSPS) is 15.2. The second-order valence-corrected chi connectivity index (χ2v) is 10.7. The minimum Gasteiger partial charge on any atom is -0.489 e. The molecular weight excluding hydrogens is 480 g/mol. The predicted molar refractivity (Wildman–Crippen MR) is 148 cm³/mol. The lowest BCUT2D eigenvalue weighted by Gasteiger charge is -2.25. The van der Waals surface area contributed by atoms with Crippen LogP contribution in [0.5, 0.6) is 5.75 Å². The maximum atomic E-state index is 6.29. The summed E-state index contributed by atoms with van der Waals surface area (Å²) in [5, 5.41) is 8.28. The van der Waals surface area contributed by atoms with Crippen molar-refractivity contribution in [2.24, 2.45) is 13.0 Å². The smallest absolute Gasteiger partial charge is 0.256 e. The zero-order valence-corrected chi connectivity index (χ0v) is 22.6. The largest absolute Gasteiger partial charge is 0.489 e. The monoisotopic (exact) mass is 516 g/mol. The first-order chi connectivity index (χ1) is 18.0. The van der Waals surface area contributed by atoms with Gasteiger partial charge in [0.05, 0.1) is 0 Å². The maximum Gasteiger partial charge on any atom is 0.256 e. The van der Waals surface area contributed by atoms with Crippen LogP contribution in [-0.4, -0.2) is 30.2 Å². The van der Waals surface area contributed by atoms with E-state index in [1.807, 2.05) is 13.1 Å². The summed E-state index contributed by atoms with van der Waals surface area (Å²) in [6.07, 6.45) is 10.5. The molecule has 1 fully saturated rings. The van der Waals surface area contributed by atoms with Gasteiger partial charge in [-0.25, -0.2) is 4.98 Å². The van der Waals surface area contributed by atoms with Crippen LogP contribution in [0, 0.1) is 10.7 Å². The summed E-state index contributed by atoms with van der Waals surface area (Å²) in [6.45, 7) is 3.64. The molecule has 194 valence electrons. The molecule has 7 nitrogen and oxygen atoms in total. The van der Waals surface area contributed by atoms with Crippen LogP contribution in [-0.2, 0) is 26.6 Å². The molecule has 0 bridgehead atoms. The minimum atomic E-state index is 0.509. The molecule has 8 heteroatoms. The Morgan fingerprint density at radius 2 is 1.89 bits per heavy atom. The molecule has 0 amide bonds. The number of para-hydroxylation sites is 1. The van der Waals surface area contributed by atoms with Crippen molar-refractivity contribution < 1.29 is 4.74 Å². The first-order valence-corrected chi connectivity index (χ1v) is 13.7. The van der Waals surface area contributed by atoms with Crippen LogP contribution in [0.15, 0.2) is 54.9 Å². The lowest BCUT2D eigenvalue weighted by Crippen LogP contribution is -2.28. The average Bonchev–Trinajstić information content (AvgIpc) is 3.33. The summed E-state index contributed by atoms with van der Waals surface area (Å²) in [7, 11) is 1.85. The zero-order valence-electron chi connectivity index (χ0n) is 21.8. The summed E-state index contributed by atoms with van der Waals surface area (Å²) in [5.74, 6) is 3.03. The molecule has 2 aromatic heterocycles. The standard InChI is InChI=1S/C29H36N6OS/c1-21(15-22-9-4-3-5-10-22)30-18-25-13-6-7-14-26(25)36-19-24-12-8-11-23(16-24)17-27-32-28-31-20-34(2)29(37)35(28)33-27/h6-8,11-14,16,20-22,30H,3-5,9-10,15,17-19H2,1-2H3. The molecule has 2 heterocycles. The van der Waals surface area contributed by atoms with Crippen LogP contribution in [0.25, 0.3) is 5.78 Å². The fraction of sp³-hybridized carbons (Fsp3) is 0.448. The van der Waals surface area contributed by atoms with E-state index in [1.165, 1.54) is 44.1 Å². The fourth-order valence-electron chi connectivity index (χ4n) is 5.22. The Kier molecular flexibility index (Phi) is 8.26. The van der Waals surface area contributed by atoms with E-state index < -0.39 is 0 Å². The van der Waals surface area contributed by atoms with Gasteiger partial charge in [-0.2, -0.15) is 9.50 Å². The molecule has 1 unspecified atom stereocenters. The number of rotatable bonds is 10. The summed E-state index contributed by atoms with van der Waals surface area (Å²) in [4.78, 5) is 8.85. The van der Waals surface area contributed by atoms with Gasteiger partial charge < -0.3 is 14.6 Å². The van der Waals surface area contributed by atoms with Gasteiger partial charge in [-0.15, -0.1) is 5.10 Å². The number of hydrogen-bond donors (Lipinski definition) is 1. The number of benzene rings is 2. The van der Waals surface area contributed by atoms with E-state index in [-0.39, 0.29) is 0 Å². The highest BCUT2D eigenvalue weighted by Gasteiger charge is 2.16. The van der Waals surface area contributed by atoms with E-state index in [4.69, 9.17) is 17.0 Å². The van der Waals surface area contributed by atoms with Crippen LogP contribution in [0.4, 0.5) is 0 Å². The van der Waals surface area contributed by atoms with Crippen molar-refractivity contribution in [2.75, 3.05) is 0 Å². The second-order valence-electron chi connectivity index (χ2n) is 10.3. The van der Waals surface area contributed by atoms with E-state index in [0.717, 1.165) is 29.3 Å². The molecule has 0 radical (unpaired) electrons. The second kappa shape index (κ2) is 12.0. The van der Waals surface area contributed by atoms with Gasteiger partial charge in [0.25, 0.3) is 5.78 Å². The van der Waals surface area contributed by atoms with Gasteiger partial charge in [0.15, 0.2) is 5.82 Å². The van der Waals surface area contributed by atoms with E-state index >= 15 is 0 Å². The minimum absolute atomic E-state index is 0.509. The summed E-state index contributed by atoms with van der Waals surface area (Å²) in [6, 6.07) is 17.2. The van der Waals surface area contributed by atoms with E-state index in [2.05, 4.69) is 69.8 Å². The first-order valence-electron chi connectivity index (χ1n) is 13.3. The van der Waals surface area contributed by atoms with Gasteiger partial charge in [-0.1, -0.05) is 74.6 Å². The SMILES string of the molecule is CC(CC1CCCCC1)NCc1ccccc1OCc1cccc(Cc2nc3ncn(C)c(=S)n3n2)c1. The third-order valence-electron chi connectivity index (χ3n) is 7.24. The van der Waals surface area contributed by atoms with Gasteiger partial charge in [0, 0.05) is 31.6 Å².